The first-order valence-corrected chi connectivity index (χ1v) is 5.73. The summed E-state index contributed by atoms with van der Waals surface area (Å²) in [6.07, 6.45) is 0. The summed E-state index contributed by atoms with van der Waals surface area (Å²) in [6.45, 7) is 0.589. The van der Waals surface area contributed by atoms with E-state index in [1.165, 1.54) is 0 Å². The maximum atomic E-state index is 9.46. The van der Waals surface area contributed by atoms with E-state index < -0.39 is 0 Å². The van der Waals surface area contributed by atoms with Crippen molar-refractivity contribution in [2.24, 2.45) is 0 Å². The fourth-order valence-electron chi connectivity index (χ4n) is 2.10. The molecule has 0 aliphatic heterocycles. The van der Waals surface area contributed by atoms with Crippen molar-refractivity contribution < 1.29 is 5.11 Å². The van der Waals surface area contributed by atoms with Crippen LogP contribution in [0.3, 0.4) is 0 Å². The lowest BCUT2D eigenvalue weighted by Crippen LogP contribution is -2.02. The number of hydrogen-bond acceptors (Lipinski definition) is 3. The third-order valence-electron chi connectivity index (χ3n) is 2.93. The van der Waals surface area contributed by atoms with Crippen molar-refractivity contribution in [3.8, 4) is 5.75 Å². The molecule has 18 heavy (non-hydrogen) atoms. The standard InChI is InChI=1S/C14H13N3O/c15-14-12-6-1-2-7-13(12)17(16-14)9-10-4-3-5-11(18)8-10/h1-8,18H,9H2,(H2,15,16). The van der Waals surface area contributed by atoms with Gasteiger partial charge in [-0.15, -0.1) is 0 Å². The number of benzene rings is 2. The molecule has 0 radical (unpaired) electrons. The number of nitrogens with zero attached hydrogens (tertiary/aromatic N) is 2. The van der Waals surface area contributed by atoms with Crippen LogP contribution < -0.4 is 5.73 Å². The maximum Gasteiger partial charge on any atom is 0.153 e. The first-order chi connectivity index (χ1) is 8.74. The number of nitrogen functional groups attached to an aromatic ring is 1. The van der Waals surface area contributed by atoms with Crippen molar-refractivity contribution >= 4 is 16.7 Å². The van der Waals surface area contributed by atoms with Crippen molar-refractivity contribution in [2.45, 2.75) is 6.54 Å². The second kappa shape index (κ2) is 4.07. The van der Waals surface area contributed by atoms with Gasteiger partial charge >= 0.3 is 0 Å². The summed E-state index contributed by atoms with van der Waals surface area (Å²) < 4.78 is 1.85. The fourth-order valence-corrected chi connectivity index (χ4v) is 2.10. The molecule has 3 rings (SSSR count). The number of anilines is 1. The first kappa shape index (κ1) is 10.7. The van der Waals surface area contributed by atoms with Crippen molar-refractivity contribution in [1.29, 1.82) is 0 Å². The molecule has 0 fully saturated rings. The number of rotatable bonds is 2. The Hall–Kier alpha value is -2.49. The number of phenolic OH excluding ortho intramolecular Hbond substituents is 1. The van der Waals surface area contributed by atoms with E-state index in [0.717, 1.165) is 16.5 Å². The van der Waals surface area contributed by atoms with Crippen LogP contribution in [0, 0.1) is 0 Å². The molecule has 0 unspecified atom stereocenters. The molecule has 0 atom stereocenters. The maximum absolute atomic E-state index is 9.46. The average Bonchev–Trinajstić information content (AvgIpc) is 2.67. The van der Waals surface area contributed by atoms with Gasteiger partial charge in [-0.3, -0.25) is 4.68 Å². The van der Waals surface area contributed by atoms with Crippen molar-refractivity contribution in [3.05, 3.63) is 54.1 Å². The van der Waals surface area contributed by atoms with Gasteiger partial charge in [0.1, 0.15) is 5.75 Å². The minimum atomic E-state index is 0.261. The van der Waals surface area contributed by atoms with E-state index in [2.05, 4.69) is 5.10 Å². The van der Waals surface area contributed by atoms with Gasteiger partial charge in [0.2, 0.25) is 0 Å². The van der Waals surface area contributed by atoms with E-state index >= 15 is 0 Å². The summed E-state index contributed by atoms with van der Waals surface area (Å²) in [4.78, 5) is 0. The number of aromatic nitrogens is 2. The Labute approximate surface area is 104 Å². The molecule has 2 aromatic carbocycles. The van der Waals surface area contributed by atoms with Gasteiger partial charge in [0.05, 0.1) is 12.1 Å². The fraction of sp³-hybridized carbons (Fsp3) is 0.0714. The van der Waals surface area contributed by atoms with Gasteiger partial charge in [-0.2, -0.15) is 5.10 Å². The Balaban J connectivity index is 2.05. The van der Waals surface area contributed by atoms with E-state index in [0.29, 0.717) is 12.4 Å². The van der Waals surface area contributed by atoms with Crippen LogP contribution in [0.4, 0.5) is 5.82 Å². The van der Waals surface area contributed by atoms with E-state index in [1.54, 1.807) is 12.1 Å². The van der Waals surface area contributed by atoms with Gasteiger partial charge < -0.3 is 10.8 Å². The zero-order valence-corrected chi connectivity index (χ0v) is 9.74. The molecular formula is C14H13N3O. The number of aromatic hydroxyl groups is 1. The molecule has 0 aliphatic carbocycles. The van der Waals surface area contributed by atoms with Crippen LogP contribution in [0.1, 0.15) is 5.56 Å². The lowest BCUT2D eigenvalue weighted by molar-refractivity contribution is 0.474. The van der Waals surface area contributed by atoms with Gasteiger partial charge in [-0.25, -0.2) is 0 Å². The Morgan fingerprint density at radius 2 is 1.94 bits per heavy atom. The molecule has 0 amide bonds. The van der Waals surface area contributed by atoms with Crippen LogP contribution in [0.15, 0.2) is 48.5 Å². The molecule has 1 heterocycles. The van der Waals surface area contributed by atoms with Crippen molar-refractivity contribution in [3.63, 3.8) is 0 Å². The lowest BCUT2D eigenvalue weighted by Gasteiger charge is -2.04. The molecule has 1 aromatic heterocycles. The molecule has 0 saturated carbocycles. The smallest absolute Gasteiger partial charge is 0.153 e. The third kappa shape index (κ3) is 1.78. The van der Waals surface area contributed by atoms with Gasteiger partial charge in [0, 0.05) is 5.39 Å². The van der Waals surface area contributed by atoms with E-state index in [1.807, 2.05) is 41.1 Å². The first-order valence-electron chi connectivity index (χ1n) is 5.73. The van der Waals surface area contributed by atoms with Crippen LogP contribution in [0.25, 0.3) is 10.9 Å². The van der Waals surface area contributed by atoms with Crippen molar-refractivity contribution in [2.75, 3.05) is 5.73 Å². The van der Waals surface area contributed by atoms with Crippen LogP contribution in [-0.2, 0) is 6.54 Å². The molecule has 4 heteroatoms. The monoisotopic (exact) mass is 239 g/mol. The summed E-state index contributed by atoms with van der Waals surface area (Å²) in [5, 5.41) is 14.7. The molecule has 90 valence electrons. The Bertz CT molecular complexity index is 703. The highest BCUT2D eigenvalue weighted by Crippen LogP contribution is 2.21. The minimum Gasteiger partial charge on any atom is -0.508 e. The Kier molecular flexibility index (Phi) is 2.41. The van der Waals surface area contributed by atoms with Crippen molar-refractivity contribution in [1.82, 2.24) is 9.78 Å². The second-order valence-corrected chi connectivity index (χ2v) is 4.23. The number of nitrogens with two attached hydrogens (primary N) is 1. The Morgan fingerprint density at radius 1 is 1.11 bits per heavy atom. The van der Waals surface area contributed by atoms with Crippen LogP contribution in [0.5, 0.6) is 5.75 Å². The van der Waals surface area contributed by atoms with Crippen LogP contribution >= 0.6 is 0 Å². The predicted octanol–water partition coefficient (Wildman–Crippen LogP) is 2.37. The molecule has 0 aliphatic rings. The van der Waals surface area contributed by atoms with E-state index in [9.17, 15) is 5.11 Å². The summed E-state index contributed by atoms with van der Waals surface area (Å²) in [6, 6.07) is 15.0. The normalized spacial score (nSPS) is 10.9. The molecule has 0 spiro atoms. The summed E-state index contributed by atoms with van der Waals surface area (Å²) in [5.41, 5.74) is 7.87. The number of phenols is 1. The highest BCUT2D eigenvalue weighted by atomic mass is 16.3. The second-order valence-electron chi connectivity index (χ2n) is 4.23. The van der Waals surface area contributed by atoms with Gasteiger partial charge in [-0.05, 0) is 29.8 Å². The number of hydrogen-bond donors (Lipinski definition) is 2. The minimum absolute atomic E-state index is 0.261. The van der Waals surface area contributed by atoms with Crippen LogP contribution in [-0.4, -0.2) is 14.9 Å². The summed E-state index contributed by atoms with van der Waals surface area (Å²) in [7, 11) is 0. The molecule has 4 nitrogen and oxygen atoms in total. The van der Waals surface area contributed by atoms with Gasteiger partial charge in [0.25, 0.3) is 0 Å². The summed E-state index contributed by atoms with van der Waals surface area (Å²) in [5.74, 6) is 0.794. The van der Waals surface area contributed by atoms with Gasteiger partial charge in [-0.1, -0.05) is 24.3 Å². The predicted molar refractivity (Wildman–Crippen MR) is 71.4 cm³/mol. The van der Waals surface area contributed by atoms with E-state index in [-0.39, 0.29) is 5.75 Å². The van der Waals surface area contributed by atoms with E-state index in [4.69, 9.17) is 5.73 Å². The molecule has 0 saturated heterocycles. The highest BCUT2D eigenvalue weighted by molar-refractivity contribution is 5.89. The zero-order chi connectivity index (χ0) is 12.5. The topological polar surface area (TPSA) is 64.1 Å². The molecular weight excluding hydrogens is 226 g/mol. The largest absolute Gasteiger partial charge is 0.508 e. The quantitative estimate of drug-likeness (QED) is 0.721. The molecule has 0 bridgehead atoms. The number of fused-ring (bicyclic) bond motifs is 1. The Morgan fingerprint density at radius 3 is 2.78 bits per heavy atom. The highest BCUT2D eigenvalue weighted by Gasteiger charge is 2.07. The van der Waals surface area contributed by atoms with Crippen LogP contribution in [0.2, 0.25) is 0 Å². The molecule has 3 N–H and O–H groups in total. The number of para-hydroxylation sites is 1. The summed E-state index contributed by atoms with van der Waals surface area (Å²) >= 11 is 0. The third-order valence-corrected chi connectivity index (χ3v) is 2.93. The average molecular weight is 239 g/mol. The SMILES string of the molecule is Nc1nn(Cc2cccc(O)c2)c2ccccc12. The lowest BCUT2D eigenvalue weighted by atomic mass is 10.2. The van der Waals surface area contributed by atoms with Gasteiger partial charge in [0.15, 0.2) is 5.82 Å². The molecule has 3 aromatic rings. The zero-order valence-electron chi connectivity index (χ0n) is 9.74.